The van der Waals surface area contributed by atoms with Crippen LogP contribution < -0.4 is 5.32 Å². The van der Waals surface area contributed by atoms with E-state index in [9.17, 15) is 0 Å². The third-order valence-corrected chi connectivity index (χ3v) is 4.18. The van der Waals surface area contributed by atoms with Gasteiger partial charge in [-0.25, -0.2) is 4.98 Å². The number of aryl methyl sites for hydroxylation is 2. The highest BCUT2D eigenvalue weighted by atomic mass is 16.5. The summed E-state index contributed by atoms with van der Waals surface area (Å²) in [6.45, 7) is 5.66. The molecule has 116 valence electrons. The zero-order chi connectivity index (χ0) is 15.4. The van der Waals surface area contributed by atoms with Gasteiger partial charge in [0.2, 0.25) is 0 Å². The predicted molar refractivity (Wildman–Crippen MR) is 87.9 cm³/mol. The van der Waals surface area contributed by atoms with Gasteiger partial charge < -0.3 is 10.1 Å². The van der Waals surface area contributed by atoms with Gasteiger partial charge in [0.1, 0.15) is 5.82 Å². The second-order valence-corrected chi connectivity index (χ2v) is 5.93. The van der Waals surface area contributed by atoms with E-state index in [1.54, 1.807) is 6.20 Å². The fraction of sp³-hybridized carbons (Fsp3) is 0.444. The van der Waals surface area contributed by atoms with Crippen molar-refractivity contribution >= 4 is 5.82 Å². The van der Waals surface area contributed by atoms with Crippen LogP contribution in [0.3, 0.4) is 0 Å². The lowest BCUT2D eigenvalue weighted by atomic mass is 9.89. The van der Waals surface area contributed by atoms with Gasteiger partial charge in [-0.05, 0) is 32.3 Å². The highest BCUT2D eigenvalue weighted by Crippen LogP contribution is 2.33. The summed E-state index contributed by atoms with van der Waals surface area (Å²) in [4.78, 5) is 8.90. The second kappa shape index (κ2) is 6.88. The Morgan fingerprint density at radius 1 is 1.23 bits per heavy atom. The smallest absolute Gasteiger partial charge is 0.147 e. The van der Waals surface area contributed by atoms with Crippen molar-refractivity contribution in [3.63, 3.8) is 0 Å². The molecule has 1 aromatic heterocycles. The molecule has 0 amide bonds. The molecular weight excluding hydrogens is 274 g/mol. The van der Waals surface area contributed by atoms with Gasteiger partial charge in [-0.3, -0.25) is 4.98 Å². The summed E-state index contributed by atoms with van der Waals surface area (Å²) in [5, 5.41) is 3.47. The zero-order valence-electron chi connectivity index (χ0n) is 13.2. The molecule has 0 aliphatic carbocycles. The average molecular weight is 297 g/mol. The molecule has 22 heavy (non-hydrogen) atoms. The highest BCUT2D eigenvalue weighted by molar-refractivity contribution is 5.39. The van der Waals surface area contributed by atoms with Gasteiger partial charge in [-0.15, -0.1) is 0 Å². The molecule has 1 fully saturated rings. The molecule has 3 rings (SSSR count). The summed E-state index contributed by atoms with van der Waals surface area (Å²) in [7, 11) is 0. The largest absolute Gasteiger partial charge is 0.373 e. The fourth-order valence-electron chi connectivity index (χ4n) is 3.00. The molecule has 2 atom stereocenters. The Balaban J connectivity index is 1.71. The van der Waals surface area contributed by atoms with E-state index in [4.69, 9.17) is 4.74 Å². The number of nitrogens with one attached hydrogen (secondary N) is 1. The third kappa shape index (κ3) is 3.45. The van der Waals surface area contributed by atoms with Crippen LogP contribution in [-0.4, -0.2) is 23.1 Å². The zero-order valence-corrected chi connectivity index (χ0v) is 13.2. The maximum Gasteiger partial charge on any atom is 0.147 e. The lowest BCUT2D eigenvalue weighted by Gasteiger charge is -2.32. The first-order chi connectivity index (χ1) is 10.7. The minimum absolute atomic E-state index is 0.167. The topological polar surface area (TPSA) is 47.0 Å². The minimum atomic E-state index is 0.167. The monoisotopic (exact) mass is 297 g/mol. The SMILES string of the molecule is Cc1cnc(C)c(NCC2CCCOC2c2ccccc2)n1. The molecule has 0 spiro atoms. The number of ether oxygens (including phenoxy) is 1. The summed E-state index contributed by atoms with van der Waals surface area (Å²) >= 11 is 0. The molecule has 1 aromatic carbocycles. The highest BCUT2D eigenvalue weighted by Gasteiger charge is 2.27. The van der Waals surface area contributed by atoms with E-state index < -0.39 is 0 Å². The van der Waals surface area contributed by atoms with Crippen LogP contribution in [0.15, 0.2) is 36.5 Å². The average Bonchev–Trinajstić information content (AvgIpc) is 2.57. The maximum absolute atomic E-state index is 6.04. The molecule has 1 aliphatic heterocycles. The molecule has 2 aromatic rings. The van der Waals surface area contributed by atoms with Crippen molar-refractivity contribution in [2.45, 2.75) is 32.8 Å². The Hall–Kier alpha value is -1.94. The third-order valence-electron chi connectivity index (χ3n) is 4.18. The summed E-state index contributed by atoms with van der Waals surface area (Å²) < 4.78 is 6.04. The van der Waals surface area contributed by atoms with Crippen LogP contribution in [-0.2, 0) is 4.74 Å². The van der Waals surface area contributed by atoms with Crippen molar-refractivity contribution in [1.29, 1.82) is 0 Å². The van der Waals surface area contributed by atoms with Gasteiger partial charge >= 0.3 is 0 Å². The molecule has 2 heterocycles. The van der Waals surface area contributed by atoms with Crippen LogP contribution in [0, 0.1) is 19.8 Å². The number of anilines is 1. The van der Waals surface area contributed by atoms with E-state index in [2.05, 4.69) is 39.6 Å². The van der Waals surface area contributed by atoms with Gasteiger partial charge in [0.25, 0.3) is 0 Å². The van der Waals surface area contributed by atoms with Crippen LogP contribution in [0.5, 0.6) is 0 Å². The molecular formula is C18H23N3O. The van der Waals surface area contributed by atoms with E-state index >= 15 is 0 Å². The Morgan fingerprint density at radius 3 is 2.86 bits per heavy atom. The van der Waals surface area contributed by atoms with E-state index in [1.807, 2.05) is 19.9 Å². The molecule has 1 aliphatic rings. The molecule has 4 nitrogen and oxygen atoms in total. The van der Waals surface area contributed by atoms with Crippen LogP contribution in [0.4, 0.5) is 5.82 Å². The molecule has 0 saturated carbocycles. The first-order valence-electron chi connectivity index (χ1n) is 7.94. The van der Waals surface area contributed by atoms with Gasteiger partial charge in [0.05, 0.1) is 17.5 Å². The lowest BCUT2D eigenvalue weighted by Crippen LogP contribution is -2.28. The van der Waals surface area contributed by atoms with Gasteiger partial charge in [0.15, 0.2) is 0 Å². The summed E-state index contributed by atoms with van der Waals surface area (Å²) in [5.74, 6) is 1.34. The Bertz CT molecular complexity index is 615. The number of benzene rings is 1. The second-order valence-electron chi connectivity index (χ2n) is 5.93. The minimum Gasteiger partial charge on any atom is -0.373 e. The van der Waals surface area contributed by atoms with Gasteiger partial charge in [-0.2, -0.15) is 0 Å². The standard InChI is InChI=1S/C18H23N3O/c1-13-11-19-14(2)18(21-13)20-12-16-9-6-10-22-17(16)15-7-4-3-5-8-15/h3-5,7-8,11,16-17H,6,9-10,12H2,1-2H3,(H,20,21). The Labute approximate surface area is 132 Å². The van der Waals surface area contributed by atoms with Crippen LogP contribution in [0.1, 0.15) is 35.9 Å². The van der Waals surface area contributed by atoms with Crippen molar-refractivity contribution in [3.8, 4) is 0 Å². The normalized spacial score (nSPS) is 21.5. The van der Waals surface area contributed by atoms with Crippen molar-refractivity contribution in [2.75, 3.05) is 18.5 Å². The molecule has 1 N–H and O–H groups in total. The molecule has 0 radical (unpaired) electrons. The Morgan fingerprint density at radius 2 is 2.05 bits per heavy atom. The first kappa shape index (κ1) is 15.0. The van der Waals surface area contributed by atoms with Gasteiger partial charge in [-0.1, -0.05) is 30.3 Å². The summed E-state index contributed by atoms with van der Waals surface area (Å²) in [6, 6.07) is 10.5. The molecule has 0 bridgehead atoms. The van der Waals surface area contributed by atoms with Crippen molar-refractivity contribution < 1.29 is 4.74 Å². The van der Waals surface area contributed by atoms with E-state index in [1.165, 1.54) is 12.0 Å². The van der Waals surface area contributed by atoms with E-state index in [-0.39, 0.29) is 6.10 Å². The van der Waals surface area contributed by atoms with E-state index in [0.29, 0.717) is 5.92 Å². The molecule has 4 heteroatoms. The fourth-order valence-corrected chi connectivity index (χ4v) is 3.00. The van der Waals surface area contributed by atoms with Crippen molar-refractivity contribution in [2.24, 2.45) is 5.92 Å². The van der Waals surface area contributed by atoms with E-state index in [0.717, 1.165) is 36.8 Å². The number of aromatic nitrogens is 2. The number of hydrogen-bond donors (Lipinski definition) is 1. The first-order valence-corrected chi connectivity index (χ1v) is 7.94. The van der Waals surface area contributed by atoms with Crippen LogP contribution in [0.2, 0.25) is 0 Å². The lowest BCUT2D eigenvalue weighted by molar-refractivity contribution is -0.0238. The summed E-state index contributed by atoms with van der Waals surface area (Å²) in [6.07, 6.45) is 4.26. The molecule has 1 saturated heterocycles. The van der Waals surface area contributed by atoms with Crippen LogP contribution in [0.25, 0.3) is 0 Å². The van der Waals surface area contributed by atoms with Crippen molar-refractivity contribution in [3.05, 3.63) is 53.5 Å². The van der Waals surface area contributed by atoms with Gasteiger partial charge in [0, 0.05) is 25.3 Å². The number of nitrogens with zero attached hydrogens (tertiary/aromatic N) is 2. The predicted octanol–water partition coefficient (Wildman–Crippen LogP) is 3.67. The molecule has 2 unspecified atom stereocenters. The van der Waals surface area contributed by atoms with Crippen molar-refractivity contribution in [1.82, 2.24) is 9.97 Å². The maximum atomic E-state index is 6.04. The number of rotatable bonds is 4. The summed E-state index contributed by atoms with van der Waals surface area (Å²) in [5.41, 5.74) is 3.15. The quantitative estimate of drug-likeness (QED) is 0.935. The van der Waals surface area contributed by atoms with Crippen LogP contribution >= 0.6 is 0 Å². The Kier molecular flexibility index (Phi) is 4.68. The number of hydrogen-bond acceptors (Lipinski definition) is 4.